The summed E-state index contributed by atoms with van der Waals surface area (Å²) in [4.78, 5) is 58.8. The molecule has 30 heteroatoms. The molecule has 6 aliphatic rings. The fourth-order valence-electron chi connectivity index (χ4n) is 12.8. The molecule has 7 heterocycles. The molecular formula is C65H78Cl2F12N10O6. The molecule has 3 aromatic carbocycles. The molecule has 4 aliphatic heterocycles. The third-order valence-electron chi connectivity index (χ3n) is 17.2. The lowest BCUT2D eigenvalue weighted by Gasteiger charge is -2.33. The number of nitrogens with one attached hydrogen (secondary N) is 4. The van der Waals surface area contributed by atoms with E-state index < -0.39 is 70.1 Å². The number of aromatic amines is 3. The Hall–Kier alpha value is -7.42. The standard InChI is InChI=1S/2C20H21F4N3O.C12H13F4N.C11H17N3O2.CO2.CH4.2ClH/c2*21-15-6-3-5-13(17(15)20(22,23)24)12-8-10-27(11-9-12)19(28)18-14-4-1-2-7-16(14)25-26-18;13-10-3-1-2-9(11(10)12(14,15)16)8-4-6-17-7-5-8;1-11(2,3)16-10(15)14-5-4-9-8(7-14)6-12-13-9;2-1-3;;;/h2*3,5-6,12H,1-2,4,7-11H2,(H,25,26);1-3,8,17H,4-7H2;6H,4-5,7H2,1-3H3,(H,12,13);;1H4;2*1H. The van der Waals surface area contributed by atoms with E-state index in [1.165, 1.54) is 36.4 Å². The SMILES string of the molecule is C.CC(C)(C)OC(=O)N1CCc2[nH]ncc2C1.Cl.Cl.Fc1cccc(C2CCNCC2)c1C(F)(F)F.O=C(c1n[nH]c2c1CCCC2)N1CCC(c2cccc(F)c2C(F)(F)F)CC1.O=C(c1n[nH]c2c1CCCC2)N1CCC(c2cccc(F)c2C(F)(F)F)CC1.O=C=O. The zero-order valence-electron chi connectivity index (χ0n) is 51.8. The summed E-state index contributed by atoms with van der Waals surface area (Å²) >= 11 is 0. The summed E-state index contributed by atoms with van der Waals surface area (Å²) in [5, 5.41) is 24.3. The first-order chi connectivity index (χ1) is 43.6. The maximum atomic E-state index is 13.9. The topological polar surface area (TPSA) is 202 Å². The van der Waals surface area contributed by atoms with Gasteiger partial charge in [0.15, 0.2) is 11.4 Å². The Morgan fingerprint density at radius 3 is 1.25 bits per heavy atom. The number of piperidine rings is 3. The summed E-state index contributed by atoms with van der Waals surface area (Å²) in [5.41, 5.74) is 3.24. The van der Waals surface area contributed by atoms with Gasteiger partial charge in [-0.3, -0.25) is 24.9 Å². The Morgan fingerprint density at radius 2 is 0.884 bits per heavy atom. The molecule has 2 aliphatic carbocycles. The largest absolute Gasteiger partial charge is 0.444 e. The summed E-state index contributed by atoms with van der Waals surface area (Å²) < 4.78 is 165. The van der Waals surface area contributed by atoms with Gasteiger partial charge in [0, 0.05) is 72.9 Å². The molecule has 0 saturated carbocycles. The third kappa shape index (κ3) is 19.9. The van der Waals surface area contributed by atoms with Gasteiger partial charge in [0.05, 0.1) is 29.4 Å². The summed E-state index contributed by atoms with van der Waals surface area (Å²) in [6.07, 6.45) is -1.20. The van der Waals surface area contributed by atoms with Gasteiger partial charge in [-0.2, -0.15) is 64.4 Å². The predicted molar refractivity (Wildman–Crippen MR) is 330 cm³/mol. The Balaban J connectivity index is 0.000000230. The predicted octanol–water partition coefficient (Wildman–Crippen LogP) is 14.8. The Labute approximate surface area is 554 Å². The number of H-pyrrole nitrogens is 3. The van der Waals surface area contributed by atoms with Gasteiger partial charge in [-0.25, -0.2) is 18.0 Å². The quantitative estimate of drug-likeness (QED) is 0.120. The molecule has 0 radical (unpaired) electrons. The number of ether oxygens (including phenoxy) is 1. The van der Waals surface area contributed by atoms with Crippen molar-refractivity contribution in [2.45, 2.75) is 173 Å². The number of carbonyl (C=O) groups excluding carboxylic acids is 5. The van der Waals surface area contributed by atoms with Gasteiger partial charge in [-0.15, -0.1) is 24.8 Å². The van der Waals surface area contributed by atoms with Crippen LogP contribution in [0.2, 0.25) is 0 Å². The van der Waals surface area contributed by atoms with E-state index in [2.05, 4.69) is 35.9 Å². The van der Waals surface area contributed by atoms with Crippen LogP contribution in [-0.2, 0) is 71.5 Å². The number of halogens is 14. The molecule has 0 bridgehead atoms. The monoisotopic (exact) mass is 1390 g/mol. The van der Waals surface area contributed by atoms with Crippen molar-refractivity contribution in [2.24, 2.45) is 0 Å². The first-order valence-electron chi connectivity index (χ1n) is 30.6. The number of amides is 3. The average Bonchev–Trinajstić information content (AvgIpc) is 1.56. The highest BCUT2D eigenvalue weighted by molar-refractivity contribution is 5.95. The van der Waals surface area contributed by atoms with Crippen LogP contribution in [0.1, 0.15) is 198 Å². The number of benzene rings is 3. The molecule has 12 rings (SSSR count). The number of rotatable bonds is 5. The van der Waals surface area contributed by atoms with Gasteiger partial charge in [-0.1, -0.05) is 43.8 Å². The van der Waals surface area contributed by atoms with Crippen LogP contribution in [0.25, 0.3) is 0 Å². The number of hydrogen-bond donors (Lipinski definition) is 4. The van der Waals surface area contributed by atoms with Crippen molar-refractivity contribution in [3.63, 3.8) is 0 Å². The minimum Gasteiger partial charge on any atom is -0.444 e. The van der Waals surface area contributed by atoms with Crippen LogP contribution in [0.15, 0.2) is 60.8 Å². The van der Waals surface area contributed by atoms with Gasteiger partial charge in [-0.05, 0) is 176 Å². The highest BCUT2D eigenvalue weighted by Gasteiger charge is 2.42. The van der Waals surface area contributed by atoms with Crippen molar-refractivity contribution < 1.29 is 81.4 Å². The van der Waals surface area contributed by atoms with Crippen molar-refractivity contribution in [1.29, 1.82) is 0 Å². The van der Waals surface area contributed by atoms with Crippen LogP contribution in [0.5, 0.6) is 0 Å². The number of aryl methyl sites for hydroxylation is 2. The highest BCUT2D eigenvalue weighted by atomic mass is 35.5. The van der Waals surface area contributed by atoms with Crippen LogP contribution in [-0.4, -0.2) is 121 Å². The third-order valence-corrected chi connectivity index (χ3v) is 17.2. The first kappa shape index (κ1) is 78.3. The minimum atomic E-state index is -4.73. The van der Waals surface area contributed by atoms with E-state index in [1.54, 1.807) is 20.9 Å². The maximum Gasteiger partial charge on any atom is 0.419 e. The van der Waals surface area contributed by atoms with E-state index in [4.69, 9.17) is 14.3 Å². The van der Waals surface area contributed by atoms with Crippen LogP contribution >= 0.6 is 24.8 Å². The normalized spacial score (nSPS) is 16.8. The van der Waals surface area contributed by atoms with Gasteiger partial charge < -0.3 is 24.8 Å². The summed E-state index contributed by atoms with van der Waals surface area (Å²) in [6, 6.07) is 10.6. The number of nitrogens with zero attached hydrogens (tertiary/aromatic N) is 6. The lowest BCUT2D eigenvalue weighted by Crippen LogP contribution is -2.39. The molecule has 3 aromatic heterocycles. The highest BCUT2D eigenvalue weighted by Crippen LogP contribution is 2.43. The molecule has 0 unspecified atom stereocenters. The fourth-order valence-corrected chi connectivity index (χ4v) is 12.8. The van der Waals surface area contributed by atoms with Gasteiger partial charge >= 0.3 is 30.8 Å². The van der Waals surface area contributed by atoms with Crippen molar-refractivity contribution >= 4 is 48.9 Å². The van der Waals surface area contributed by atoms with Crippen LogP contribution in [0.4, 0.5) is 57.5 Å². The number of likely N-dealkylation sites (tertiary alicyclic amines) is 2. The molecule has 95 heavy (non-hydrogen) atoms. The van der Waals surface area contributed by atoms with E-state index in [-0.39, 0.29) is 78.9 Å². The fraction of sp³-hybridized carbons (Fsp3) is 0.523. The second-order valence-corrected chi connectivity index (χ2v) is 24.3. The van der Waals surface area contributed by atoms with Crippen LogP contribution in [0, 0.1) is 17.5 Å². The zero-order chi connectivity index (χ0) is 66.7. The molecule has 522 valence electrons. The number of aromatic nitrogens is 6. The molecular weight excluding hydrogens is 1320 g/mol. The van der Waals surface area contributed by atoms with Gasteiger partial charge in [0.25, 0.3) is 11.8 Å². The number of fused-ring (bicyclic) bond motifs is 3. The van der Waals surface area contributed by atoms with Crippen molar-refractivity contribution in [3.05, 3.63) is 157 Å². The molecule has 16 nitrogen and oxygen atoms in total. The summed E-state index contributed by atoms with van der Waals surface area (Å²) in [7, 11) is 0. The van der Waals surface area contributed by atoms with Crippen molar-refractivity contribution in [2.75, 3.05) is 45.8 Å². The lowest BCUT2D eigenvalue weighted by molar-refractivity contribution is -0.191. The number of carbonyl (C=O) groups is 3. The molecule has 3 saturated heterocycles. The number of hydrogen-bond acceptors (Lipinski definition) is 10. The van der Waals surface area contributed by atoms with Gasteiger partial charge in [0.1, 0.15) is 23.1 Å². The lowest BCUT2D eigenvalue weighted by atomic mass is 9.86. The molecule has 6 aromatic rings. The number of alkyl halides is 9. The maximum absolute atomic E-state index is 13.9. The first-order valence-corrected chi connectivity index (χ1v) is 30.6. The van der Waals surface area contributed by atoms with E-state index in [0.29, 0.717) is 102 Å². The molecule has 3 amide bonds. The zero-order valence-corrected chi connectivity index (χ0v) is 53.4. The van der Waals surface area contributed by atoms with Crippen molar-refractivity contribution in [1.82, 2.24) is 50.6 Å². The summed E-state index contributed by atoms with van der Waals surface area (Å²) in [6.45, 7) is 9.58. The second-order valence-electron chi connectivity index (χ2n) is 24.3. The molecule has 4 N–H and O–H groups in total. The van der Waals surface area contributed by atoms with E-state index in [9.17, 15) is 67.1 Å². The molecule has 0 atom stereocenters. The van der Waals surface area contributed by atoms with Gasteiger partial charge in [0.2, 0.25) is 0 Å². The molecule has 3 fully saturated rings. The average molecular weight is 1390 g/mol. The van der Waals surface area contributed by atoms with E-state index in [0.717, 1.165) is 110 Å². The van der Waals surface area contributed by atoms with E-state index >= 15 is 0 Å². The smallest absolute Gasteiger partial charge is 0.419 e. The Kier molecular flexibility index (Phi) is 28.0. The Bertz CT molecular complexity index is 3400. The van der Waals surface area contributed by atoms with Crippen LogP contribution < -0.4 is 5.32 Å². The molecule has 0 spiro atoms. The summed E-state index contributed by atoms with van der Waals surface area (Å²) in [5.74, 6) is -5.06. The van der Waals surface area contributed by atoms with E-state index in [1.807, 2.05) is 20.8 Å². The second kappa shape index (κ2) is 34.0. The Morgan fingerprint density at radius 1 is 0.516 bits per heavy atom. The van der Waals surface area contributed by atoms with Crippen molar-refractivity contribution in [3.8, 4) is 0 Å². The minimum absolute atomic E-state index is 0. The van der Waals surface area contributed by atoms with Crippen LogP contribution in [0.3, 0.4) is 0 Å².